The van der Waals surface area contributed by atoms with E-state index in [4.69, 9.17) is 10.5 Å². The molecule has 0 aromatic heterocycles. The zero-order valence-electron chi connectivity index (χ0n) is 13.9. The van der Waals surface area contributed by atoms with Gasteiger partial charge in [-0.3, -0.25) is 0 Å². The average molecular weight is 318 g/mol. The zero-order valence-corrected chi connectivity index (χ0v) is 13.9. The Balaban J connectivity index is 1.89. The Morgan fingerprint density at radius 2 is 1.75 bits per heavy atom. The quantitative estimate of drug-likeness (QED) is 0.873. The molecule has 122 valence electrons. The molecule has 0 saturated carbocycles. The molecule has 4 rings (SSSR count). The summed E-state index contributed by atoms with van der Waals surface area (Å²) in [6, 6.07) is 19.4. The van der Waals surface area contributed by atoms with Crippen LogP contribution in [0.5, 0.6) is 0 Å². The Bertz CT molecular complexity index is 794. The van der Waals surface area contributed by atoms with Gasteiger partial charge in [-0.15, -0.1) is 0 Å². The van der Waals surface area contributed by atoms with E-state index in [-0.39, 0.29) is 23.9 Å². The van der Waals surface area contributed by atoms with E-state index in [2.05, 4.69) is 55.5 Å². The fourth-order valence-electron chi connectivity index (χ4n) is 4.56. The maximum Gasteiger partial charge on any atom is 0.122 e. The number of aryl methyl sites for hydroxylation is 2. The molecule has 3 heteroatoms. The van der Waals surface area contributed by atoms with Crippen LogP contribution in [0.1, 0.15) is 40.5 Å². The number of nitrogens with zero attached hydrogens (tertiary/aromatic N) is 1. The number of ether oxygens (including phenoxy) is 1. The van der Waals surface area contributed by atoms with E-state index >= 15 is 0 Å². The van der Waals surface area contributed by atoms with Crippen molar-refractivity contribution in [2.75, 3.05) is 0 Å². The standard InChI is InChI=1S/C21H22N2O/c1-13-6-2-4-8-15(13)19-17(12-22)21(23)24-18-11-10-14-7-3-5-9-16(14)20(18)19/h2-9,17-21H,10-11,23H2,1H3. The van der Waals surface area contributed by atoms with Crippen molar-refractivity contribution in [1.82, 2.24) is 0 Å². The predicted molar refractivity (Wildman–Crippen MR) is 93.4 cm³/mol. The molecule has 1 saturated heterocycles. The zero-order chi connectivity index (χ0) is 16.7. The summed E-state index contributed by atoms with van der Waals surface area (Å²) in [6.07, 6.45) is 1.55. The lowest BCUT2D eigenvalue weighted by Gasteiger charge is -2.47. The Hall–Kier alpha value is -2.15. The molecule has 0 radical (unpaired) electrons. The smallest absolute Gasteiger partial charge is 0.122 e. The second kappa shape index (κ2) is 6.05. The highest BCUT2D eigenvalue weighted by molar-refractivity contribution is 5.42. The molecule has 0 amide bonds. The number of nitriles is 1. The van der Waals surface area contributed by atoms with Crippen LogP contribution in [0, 0.1) is 24.2 Å². The molecule has 1 aliphatic carbocycles. The van der Waals surface area contributed by atoms with Crippen molar-refractivity contribution >= 4 is 0 Å². The molecular weight excluding hydrogens is 296 g/mol. The lowest BCUT2D eigenvalue weighted by Crippen LogP contribution is -2.50. The van der Waals surface area contributed by atoms with Crippen molar-refractivity contribution in [3.63, 3.8) is 0 Å². The summed E-state index contributed by atoms with van der Waals surface area (Å²) in [5.41, 5.74) is 11.4. The Kier molecular flexibility index (Phi) is 3.88. The maximum absolute atomic E-state index is 9.81. The van der Waals surface area contributed by atoms with E-state index in [0.29, 0.717) is 0 Å². The summed E-state index contributed by atoms with van der Waals surface area (Å²) < 4.78 is 6.10. The molecule has 1 aliphatic heterocycles. The van der Waals surface area contributed by atoms with Gasteiger partial charge in [-0.1, -0.05) is 48.5 Å². The minimum atomic E-state index is -0.522. The number of benzene rings is 2. The van der Waals surface area contributed by atoms with Gasteiger partial charge in [0.2, 0.25) is 0 Å². The highest BCUT2D eigenvalue weighted by Crippen LogP contribution is 2.51. The fourth-order valence-corrected chi connectivity index (χ4v) is 4.56. The third-order valence-electron chi connectivity index (χ3n) is 5.67. The van der Waals surface area contributed by atoms with Gasteiger partial charge in [0.05, 0.1) is 18.1 Å². The molecule has 2 aliphatic rings. The van der Waals surface area contributed by atoms with Crippen LogP contribution in [0.3, 0.4) is 0 Å². The monoisotopic (exact) mass is 318 g/mol. The molecule has 2 aromatic carbocycles. The van der Waals surface area contributed by atoms with Crippen LogP contribution >= 0.6 is 0 Å². The summed E-state index contributed by atoms with van der Waals surface area (Å²) >= 11 is 0. The molecule has 1 heterocycles. The highest BCUT2D eigenvalue weighted by atomic mass is 16.5. The molecule has 5 unspecified atom stereocenters. The molecule has 24 heavy (non-hydrogen) atoms. The summed E-state index contributed by atoms with van der Waals surface area (Å²) in [4.78, 5) is 0. The molecule has 5 atom stereocenters. The molecule has 0 spiro atoms. The molecular formula is C21H22N2O. The SMILES string of the molecule is Cc1ccccc1C1C(C#N)C(N)OC2CCc3ccccc3C21. The average Bonchev–Trinajstić information content (AvgIpc) is 2.61. The second-order valence-electron chi connectivity index (χ2n) is 6.94. The summed E-state index contributed by atoms with van der Waals surface area (Å²) in [5.74, 6) is -0.0644. The molecule has 2 N–H and O–H groups in total. The van der Waals surface area contributed by atoms with Gasteiger partial charge in [0, 0.05) is 11.8 Å². The highest BCUT2D eigenvalue weighted by Gasteiger charge is 2.48. The summed E-state index contributed by atoms with van der Waals surface area (Å²) in [5, 5.41) is 9.81. The van der Waals surface area contributed by atoms with E-state index in [9.17, 15) is 5.26 Å². The first kappa shape index (κ1) is 15.4. The van der Waals surface area contributed by atoms with Crippen molar-refractivity contribution in [2.24, 2.45) is 11.7 Å². The number of nitrogens with two attached hydrogens (primary N) is 1. The van der Waals surface area contributed by atoms with Crippen LogP contribution in [0.25, 0.3) is 0 Å². The number of rotatable bonds is 1. The van der Waals surface area contributed by atoms with Crippen molar-refractivity contribution in [1.29, 1.82) is 5.26 Å². The van der Waals surface area contributed by atoms with Crippen LogP contribution in [0.2, 0.25) is 0 Å². The fraction of sp³-hybridized carbons (Fsp3) is 0.381. The van der Waals surface area contributed by atoms with Crippen molar-refractivity contribution in [2.45, 2.75) is 43.9 Å². The first-order chi connectivity index (χ1) is 11.7. The Morgan fingerprint density at radius 1 is 1.04 bits per heavy atom. The molecule has 3 nitrogen and oxygen atoms in total. The third-order valence-corrected chi connectivity index (χ3v) is 5.67. The number of fused-ring (bicyclic) bond motifs is 3. The Labute approximate surface area is 143 Å². The largest absolute Gasteiger partial charge is 0.358 e. The van der Waals surface area contributed by atoms with Gasteiger partial charge < -0.3 is 10.5 Å². The van der Waals surface area contributed by atoms with Gasteiger partial charge in [0.1, 0.15) is 6.23 Å². The lowest BCUT2D eigenvalue weighted by atomic mass is 9.65. The van der Waals surface area contributed by atoms with Gasteiger partial charge in [-0.05, 0) is 42.0 Å². The van der Waals surface area contributed by atoms with Gasteiger partial charge in [-0.25, -0.2) is 0 Å². The lowest BCUT2D eigenvalue weighted by molar-refractivity contribution is -0.0954. The predicted octanol–water partition coefficient (Wildman–Crippen LogP) is 3.63. The van der Waals surface area contributed by atoms with Crippen LogP contribution < -0.4 is 5.73 Å². The van der Waals surface area contributed by atoms with E-state index < -0.39 is 6.23 Å². The van der Waals surface area contributed by atoms with E-state index in [1.165, 1.54) is 22.3 Å². The van der Waals surface area contributed by atoms with Crippen LogP contribution in [0.4, 0.5) is 0 Å². The first-order valence-corrected chi connectivity index (χ1v) is 8.64. The van der Waals surface area contributed by atoms with E-state index in [1.807, 2.05) is 6.07 Å². The van der Waals surface area contributed by atoms with Crippen LogP contribution in [0.15, 0.2) is 48.5 Å². The van der Waals surface area contributed by atoms with Crippen LogP contribution in [-0.4, -0.2) is 12.3 Å². The molecule has 0 bridgehead atoms. The van der Waals surface area contributed by atoms with Gasteiger partial charge in [-0.2, -0.15) is 5.26 Å². The number of hydrogen-bond donors (Lipinski definition) is 1. The van der Waals surface area contributed by atoms with Crippen LogP contribution in [-0.2, 0) is 11.2 Å². The van der Waals surface area contributed by atoms with Gasteiger partial charge in [0.15, 0.2) is 0 Å². The summed E-state index contributed by atoms with van der Waals surface area (Å²) in [6.45, 7) is 2.12. The maximum atomic E-state index is 9.81. The minimum Gasteiger partial charge on any atom is -0.358 e. The third kappa shape index (κ3) is 2.34. The molecule has 2 aromatic rings. The van der Waals surface area contributed by atoms with Crippen molar-refractivity contribution in [3.05, 3.63) is 70.8 Å². The van der Waals surface area contributed by atoms with Gasteiger partial charge in [0.25, 0.3) is 0 Å². The van der Waals surface area contributed by atoms with E-state index in [1.54, 1.807) is 0 Å². The molecule has 1 fully saturated rings. The number of hydrogen-bond acceptors (Lipinski definition) is 3. The normalized spacial score (nSPS) is 31.6. The van der Waals surface area contributed by atoms with Gasteiger partial charge >= 0.3 is 0 Å². The first-order valence-electron chi connectivity index (χ1n) is 8.64. The topological polar surface area (TPSA) is 59.0 Å². The summed E-state index contributed by atoms with van der Waals surface area (Å²) in [7, 11) is 0. The van der Waals surface area contributed by atoms with Crippen molar-refractivity contribution < 1.29 is 4.74 Å². The van der Waals surface area contributed by atoms with Crippen molar-refractivity contribution in [3.8, 4) is 6.07 Å². The van der Waals surface area contributed by atoms with E-state index in [0.717, 1.165) is 12.8 Å². The Morgan fingerprint density at radius 3 is 2.50 bits per heavy atom. The second-order valence-corrected chi connectivity index (χ2v) is 6.94. The minimum absolute atomic E-state index is 0.0754.